The third-order valence-corrected chi connectivity index (χ3v) is 9.39. The molecule has 0 unspecified atom stereocenters. The summed E-state index contributed by atoms with van der Waals surface area (Å²) in [6.07, 6.45) is 6.71. The first kappa shape index (κ1) is 32.4. The summed E-state index contributed by atoms with van der Waals surface area (Å²) >= 11 is 0. The van der Waals surface area contributed by atoms with E-state index in [1.54, 1.807) is 42.9 Å². The zero-order valence-corrected chi connectivity index (χ0v) is 28.9. The minimum absolute atomic E-state index is 0.000527. The SMILES string of the molecule is COc1cnccc1-c1ncc(-c2ccc3c(c2)NC(=O)C3(C)C)o1.Cc1cc(-c2cc(-c3ccc4c(c3)N(C)C(=O)C4(C)C)on2)ccn1. The number of carbonyl (C=O) groups is 2. The van der Waals surface area contributed by atoms with E-state index >= 15 is 0 Å². The fraction of sp³-hybridized carbons (Fsp3) is 0.231. The highest BCUT2D eigenvalue weighted by atomic mass is 16.5. The van der Waals surface area contributed by atoms with Gasteiger partial charge in [0, 0.05) is 59.3 Å². The van der Waals surface area contributed by atoms with Crippen LogP contribution in [0.4, 0.5) is 11.4 Å². The van der Waals surface area contributed by atoms with Gasteiger partial charge in [0.15, 0.2) is 11.5 Å². The van der Waals surface area contributed by atoms with Gasteiger partial charge in [-0.2, -0.15) is 0 Å². The minimum atomic E-state index is -0.523. The summed E-state index contributed by atoms with van der Waals surface area (Å²) in [6, 6.07) is 19.4. The molecular formula is C39H36N6O5. The highest BCUT2D eigenvalue weighted by Crippen LogP contribution is 2.43. The number of nitrogens with one attached hydrogen (secondary N) is 1. The van der Waals surface area contributed by atoms with Gasteiger partial charge in [-0.3, -0.25) is 19.6 Å². The fourth-order valence-electron chi connectivity index (χ4n) is 6.39. The molecule has 2 amide bonds. The minimum Gasteiger partial charge on any atom is -0.494 e. The van der Waals surface area contributed by atoms with Crippen molar-refractivity contribution in [1.29, 1.82) is 0 Å². The number of oxazole rings is 1. The third kappa shape index (κ3) is 5.50. The number of likely N-dealkylation sites (N-methyl/N-ethyl adjacent to an activating group) is 1. The number of ether oxygens (including phenoxy) is 1. The van der Waals surface area contributed by atoms with Crippen LogP contribution >= 0.6 is 0 Å². The molecule has 11 nitrogen and oxygen atoms in total. The second-order valence-corrected chi connectivity index (χ2v) is 13.4. The van der Waals surface area contributed by atoms with Crippen molar-refractivity contribution in [2.45, 2.75) is 45.4 Å². The molecule has 0 radical (unpaired) electrons. The van der Waals surface area contributed by atoms with Gasteiger partial charge in [-0.05, 0) is 76.1 Å². The summed E-state index contributed by atoms with van der Waals surface area (Å²) in [5, 5.41) is 7.10. The Kier molecular flexibility index (Phi) is 7.85. The number of fused-ring (bicyclic) bond motifs is 2. The smallest absolute Gasteiger partial charge is 0.236 e. The van der Waals surface area contributed by atoms with Gasteiger partial charge >= 0.3 is 0 Å². The van der Waals surface area contributed by atoms with E-state index in [1.165, 1.54) is 0 Å². The van der Waals surface area contributed by atoms with E-state index in [0.717, 1.165) is 56.1 Å². The summed E-state index contributed by atoms with van der Waals surface area (Å²) in [4.78, 5) is 38.8. The molecule has 0 saturated heterocycles. The van der Waals surface area contributed by atoms with Crippen molar-refractivity contribution >= 4 is 23.2 Å². The van der Waals surface area contributed by atoms with E-state index in [2.05, 4.69) is 25.4 Å². The van der Waals surface area contributed by atoms with Gasteiger partial charge in [0.2, 0.25) is 17.7 Å². The number of benzene rings is 2. The number of carbonyl (C=O) groups excluding carboxylic acids is 2. The number of hydrogen-bond donors (Lipinski definition) is 1. The van der Waals surface area contributed by atoms with Crippen molar-refractivity contribution in [2.24, 2.45) is 0 Å². The van der Waals surface area contributed by atoms with Crippen molar-refractivity contribution < 1.29 is 23.3 Å². The molecule has 0 atom stereocenters. The number of pyridine rings is 2. The number of hydrogen-bond acceptors (Lipinski definition) is 9. The lowest BCUT2D eigenvalue weighted by Gasteiger charge is -2.16. The van der Waals surface area contributed by atoms with Crippen LogP contribution in [-0.4, -0.2) is 46.1 Å². The van der Waals surface area contributed by atoms with Crippen LogP contribution < -0.4 is 15.0 Å². The quantitative estimate of drug-likeness (QED) is 0.197. The average Bonchev–Trinajstić information content (AvgIpc) is 3.89. The van der Waals surface area contributed by atoms with Crippen LogP contribution in [0.1, 0.15) is 44.5 Å². The lowest BCUT2D eigenvalue weighted by atomic mass is 9.86. The van der Waals surface area contributed by atoms with Crippen molar-refractivity contribution in [3.63, 3.8) is 0 Å². The molecule has 2 aliphatic rings. The first-order chi connectivity index (χ1) is 23.9. The largest absolute Gasteiger partial charge is 0.494 e. The van der Waals surface area contributed by atoms with Crippen molar-refractivity contribution in [2.75, 3.05) is 24.4 Å². The second-order valence-electron chi connectivity index (χ2n) is 13.4. The molecule has 252 valence electrons. The van der Waals surface area contributed by atoms with Gasteiger partial charge in [-0.15, -0.1) is 0 Å². The first-order valence-electron chi connectivity index (χ1n) is 16.1. The molecule has 2 aliphatic heterocycles. The molecule has 0 bridgehead atoms. The maximum atomic E-state index is 12.4. The Morgan fingerprint density at radius 1 is 0.800 bits per heavy atom. The fourth-order valence-corrected chi connectivity index (χ4v) is 6.39. The monoisotopic (exact) mass is 668 g/mol. The molecule has 6 aromatic rings. The predicted octanol–water partition coefficient (Wildman–Crippen LogP) is 7.61. The molecule has 11 heteroatoms. The number of amides is 2. The zero-order valence-electron chi connectivity index (χ0n) is 28.9. The van der Waals surface area contributed by atoms with Gasteiger partial charge in [-0.25, -0.2) is 4.98 Å². The van der Waals surface area contributed by atoms with Crippen LogP contribution in [0.5, 0.6) is 5.75 Å². The molecular weight excluding hydrogens is 632 g/mol. The first-order valence-corrected chi connectivity index (χ1v) is 16.1. The Balaban J connectivity index is 0.000000157. The maximum Gasteiger partial charge on any atom is 0.236 e. The molecule has 0 saturated carbocycles. The van der Waals surface area contributed by atoms with E-state index in [1.807, 2.05) is 96.3 Å². The van der Waals surface area contributed by atoms with E-state index in [4.69, 9.17) is 13.7 Å². The Bertz CT molecular complexity index is 2280. The van der Waals surface area contributed by atoms with Crippen LogP contribution in [0, 0.1) is 6.92 Å². The van der Waals surface area contributed by atoms with Gasteiger partial charge in [0.05, 0.1) is 35.9 Å². The highest BCUT2D eigenvalue weighted by Gasteiger charge is 2.42. The Hall–Kier alpha value is -6.10. The molecule has 50 heavy (non-hydrogen) atoms. The van der Waals surface area contributed by atoms with Crippen LogP contribution in [0.2, 0.25) is 0 Å². The maximum absolute atomic E-state index is 12.4. The summed E-state index contributed by atoms with van der Waals surface area (Å²) in [5.41, 5.74) is 7.89. The van der Waals surface area contributed by atoms with Gasteiger partial charge in [0.1, 0.15) is 11.4 Å². The average molecular weight is 669 g/mol. The molecule has 6 heterocycles. The summed E-state index contributed by atoms with van der Waals surface area (Å²) in [5.74, 6) is 2.45. The Morgan fingerprint density at radius 2 is 1.56 bits per heavy atom. The summed E-state index contributed by atoms with van der Waals surface area (Å²) in [7, 11) is 3.39. The molecule has 0 spiro atoms. The highest BCUT2D eigenvalue weighted by molar-refractivity contribution is 6.08. The third-order valence-electron chi connectivity index (χ3n) is 9.39. The van der Waals surface area contributed by atoms with Gasteiger partial charge < -0.3 is 23.9 Å². The van der Waals surface area contributed by atoms with Crippen molar-refractivity contribution in [3.05, 3.63) is 102 Å². The number of methoxy groups -OCH3 is 1. The molecule has 4 aromatic heterocycles. The molecule has 2 aromatic carbocycles. The Labute approximate surface area is 289 Å². The molecule has 0 fully saturated rings. The number of anilines is 2. The van der Waals surface area contributed by atoms with Crippen molar-refractivity contribution in [3.8, 4) is 51.1 Å². The lowest BCUT2D eigenvalue weighted by molar-refractivity contribution is -0.122. The van der Waals surface area contributed by atoms with E-state index in [0.29, 0.717) is 23.2 Å². The van der Waals surface area contributed by atoms with Crippen LogP contribution in [-0.2, 0) is 20.4 Å². The zero-order chi connectivity index (χ0) is 35.4. The Morgan fingerprint density at radius 3 is 2.32 bits per heavy atom. The number of nitrogens with zero attached hydrogens (tertiary/aromatic N) is 5. The predicted molar refractivity (Wildman–Crippen MR) is 190 cm³/mol. The number of aromatic nitrogens is 4. The number of aryl methyl sites for hydroxylation is 1. The second kappa shape index (κ2) is 12.1. The summed E-state index contributed by atoms with van der Waals surface area (Å²) < 4.78 is 16.8. The van der Waals surface area contributed by atoms with Crippen LogP contribution in [0.25, 0.3) is 45.4 Å². The van der Waals surface area contributed by atoms with Crippen LogP contribution in [0.3, 0.4) is 0 Å². The summed E-state index contributed by atoms with van der Waals surface area (Å²) in [6.45, 7) is 9.68. The van der Waals surface area contributed by atoms with E-state index in [-0.39, 0.29) is 11.8 Å². The van der Waals surface area contributed by atoms with Crippen molar-refractivity contribution in [1.82, 2.24) is 20.1 Å². The molecule has 0 aliphatic carbocycles. The van der Waals surface area contributed by atoms with Gasteiger partial charge in [0.25, 0.3) is 0 Å². The molecule has 1 N–H and O–H groups in total. The van der Waals surface area contributed by atoms with E-state index in [9.17, 15) is 9.59 Å². The lowest BCUT2D eigenvalue weighted by Crippen LogP contribution is -2.33. The molecule has 8 rings (SSSR count). The normalized spacial score (nSPS) is 15.2. The van der Waals surface area contributed by atoms with Crippen LogP contribution in [0.15, 0.2) is 94.4 Å². The van der Waals surface area contributed by atoms with Gasteiger partial charge in [-0.1, -0.05) is 29.4 Å². The van der Waals surface area contributed by atoms with E-state index < -0.39 is 10.8 Å². The topological polar surface area (TPSA) is 136 Å². The number of rotatable bonds is 5. The standard InChI is InChI=1S/C20H19N3O2.C19H17N3O3/c1-12-9-13(7-8-21-12)16-11-18(25-22-16)14-5-6-15-17(10-14)23(4)19(24)20(15,2)3;1-19(2)13-5-4-11(8-14(13)22-18(19)23)15-10-21-17(25-15)12-6-7-20-9-16(12)24-3/h5-11H,1-4H3;4-10H,1-3H3,(H,22,23).